The number of halogens is 1. The summed E-state index contributed by atoms with van der Waals surface area (Å²) in [5.41, 5.74) is 2.26. The number of benzene rings is 1. The molecule has 78 valence electrons. The first kappa shape index (κ1) is 10.6. The highest BCUT2D eigenvalue weighted by Gasteiger charge is 2.03. The lowest BCUT2D eigenvalue weighted by Crippen LogP contribution is -2.04. The fourth-order valence-electron chi connectivity index (χ4n) is 1.31. The van der Waals surface area contributed by atoms with Crippen LogP contribution in [0.25, 0.3) is 10.6 Å². The van der Waals surface area contributed by atoms with Gasteiger partial charge >= 0.3 is 0 Å². The van der Waals surface area contributed by atoms with Crippen LogP contribution in [0.3, 0.4) is 0 Å². The molecule has 2 rings (SSSR count). The van der Waals surface area contributed by atoms with Crippen LogP contribution in [-0.4, -0.2) is 11.5 Å². The first-order valence-electron chi connectivity index (χ1n) is 4.73. The van der Waals surface area contributed by atoms with Crippen molar-refractivity contribution in [3.8, 4) is 10.6 Å². The largest absolute Gasteiger partial charge is 0.241 e. The topological polar surface area (TPSA) is 24.9 Å². The van der Waals surface area contributed by atoms with Gasteiger partial charge in [-0.1, -0.05) is 30.3 Å². The average molecular weight is 239 g/mol. The second kappa shape index (κ2) is 5.26. The van der Waals surface area contributed by atoms with Crippen LogP contribution in [0.2, 0.25) is 0 Å². The van der Waals surface area contributed by atoms with Crippen molar-refractivity contribution in [2.24, 2.45) is 0 Å². The zero-order chi connectivity index (χ0) is 10.5. The van der Waals surface area contributed by atoms with Crippen LogP contribution in [0.1, 0.15) is 5.69 Å². The summed E-state index contributed by atoms with van der Waals surface area (Å²) < 4.78 is 0. The minimum absolute atomic E-state index is 0.750. The van der Waals surface area contributed by atoms with Gasteiger partial charge in [0.15, 0.2) is 0 Å². The summed E-state index contributed by atoms with van der Waals surface area (Å²) in [6.07, 6.45) is 0.868. The molecule has 1 aromatic heterocycles. The molecule has 0 fully saturated rings. The van der Waals surface area contributed by atoms with Crippen LogP contribution in [0.5, 0.6) is 0 Å². The van der Waals surface area contributed by atoms with E-state index in [-0.39, 0.29) is 0 Å². The molecule has 1 aromatic carbocycles. The third kappa shape index (κ3) is 2.78. The van der Waals surface area contributed by atoms with Gasteiger partial charge in [0.1, 0.15) is 5.01 Å². The standard InChI is InChI=1S/C11H11ClN2S/c12-13-7-6-10-8-15-11(14-10)9-4-2-1-3-5-9/h1-5,8,13H,6-7H2. The first-order chi connectivity index (χ1) is 7.40. The maximum atomic E-state index is 5.40. The Kier molecular flexibility index (Phi) is 3.72. The highest BCUT2D eigenvalue weighted by atomic mass is 35.5. The number of nitrogens with one attached hydrogen (secondary N) is 1. The zero-order valence-electron chi connectivity index (χ0n) is 8.11. The van der Waals surface area contributed by atoms with Crippen molar-refractivity contribution < 1.29 is 0 Å². The Morgan fingerprint density at radius 1 is 1.27 bits per heavy atom. The predicted molar refractivity (Wildman–Crippen MR) is 65.1 cm³/mol. The van der Waals surface area contributed by atoms with Gasteiger partial charge in [0.25, 0.3) is 0 Å². The lowest BCUT2D eigenvalue weighted by Gasteiger charge is -1.94. The van der Waals surface area contributed by atoms with E-state index in [0.29, 0.717) is 0 Å². The summed E-state index contributed by atoms with van der Waals surface area (Å²) in [4.78, 5) is 7.14. The van der Waals surface area contributed by atoms with Gasteiger partial charge in [-0.05, 0) is 11.8 Å². The van der Waals surface area contributed by atoms with Gasteiger partial charge in [-0.25, -0.2) is 9.82 Å². The monoisotopic (exact) mass is 238 g/mol. The lowest BCUT2D eigenvalue weighted by atomic mass is 10.2. The van der Waals surface area contributed by atoms with Gasteiger partial charge in [-0.15, -0.1) is 11.3 Å². The minimum atomic E-state index is 0.750. The van der Waals surface area contributed by atoms with Gasteiger partial charge in [-0.3, -0.25) is 0 Å². The molecule has 0 aliphatic heterocycles. The van der Waals surface area contributed by atoms with E-state index < -0.39 is 0 Å². The minimum Gasteiger partial charge on any atom is -0.241 e. The van der Waals surface area contributed by atoms with Crippen LogP contribution >= 0.6 is 23.1 Å². The number of nitrogens with zero attached hydrogens (tertiary/aromatic N) is 1. The van der Waals surface area contributed by atoms with Crippen molar-refractivity contribution in [2.45, 2.75) is 6.42 Å². The van der Waals surface area contributed by atoms with E-state index in [1.165, 1.54) is 5.56 Å². The highest BCUT2D eigenvalue weighted by molar-refractivity contribution is 7.13. The lowest BCUT2D eigenvalue weighted by molar-refractivity contribution is 0.877. The molecule has 1 heterocycles. The average Bonchev–Trinajstić information content (AvgIpc) is 2.76. The predicted octanol–water partition coefficient (Wildman–Crippen LogP) is 3.10. The summed E-state index contributed by atoms with van der Waals surface area (Å²) >= 11 is 7.07. The summed E-state index contributed by atoms with van der Waals surface area (Å²) in [5.74, 6) is 0. The van der Waals surface area contributed by atoms with Crippen molar-refractivity contribution >= 4 is 23.1 Å². The molecule has 0 unspecified atom stereocenters. The van der Waals surface area contributed by atoms with Crippen LogP contribution in [-0.2, 0) is 6.42 Å². The Labute approximate surface area is 98.0 Å². The third-order valence-corrected chi connectivity index (χ3v) is 3.18. The summed E-state index contributed by atoms with van der Waals surface area (Å²) in [7, 11) is 0. The molecule has 0 saturated carbocycles. The molecule has 1 N–H and O–H groups in total. The SMILES string of the molecule is ClNCCc1csc(-c2ccccc2)n1. The molecule has 0 saturated heterocycles. The first-order valence-corrected chi connectivity index (χ1v) is 5.99. The highest BCUT2D eigenvalue weighted by Crippen LogP contribution is 2.23. The normalized spacial score (nSPS) is 10.5. The molecule has 0 atom stereocenters. The van der Waals surface area contributed by atoms with E-state index in [9.17, 15) is 0 Å². The number of thiazole rings is 1. The molecule has 0 amide bonds. The fourth-order valence-corrected chi connectivity index (χ4v) is 2.27. The van der Waals surface area contributed by atoms with Crippen molar-refractivity contribution in [1.29, 1.82) is 0 Å². The number of rotatable bonds is 4. The van der Waals surface area contributed by atoms with Crippen molar-refractivity contribution in [1.82, 2.24) is 9.82 Å². The Morgan fingerprint density at radius 2 is 2.07 bits per heavy atom. The third-order valence-electron chi connectivity index (χ3n) is 2.05. The molecule has 0 aliphatic carbocycles. The maximum Gasteiger partial charge on any atom is 0.123 e. The van der Waals surface area contributed by atoms with Gasteiger partial charge in [0.2, 0.25) is 0 Å². The molecule has 4 heteroatoms. The molecule has 2 aromatic rings. The van der Waals surface area contributed by atoms with E-state index in [4.69, 9.17) is 11.8 Å². The Bertz CT molecular complexity index is 414. The maximum absolute atomic E-state index is 5.40. The number of aromatic nitrogens is 1. The summed E-state index contributed by atoms with van der Waals surface area (Å²) in [5, 5.41) is 3.15. The van der Waals surface area contributed by atoms with Gasteiger partial charge < -0.3 is 0 Å². The Morgan fingerprint density at radius 3 is 2.80 bits per heavy atom. The fraction of sp³-hybridized carbons (Fsp3) is 0.182. The number of hydrogen-bond acceptors (Lipinski definition) is 3. The van der Waals surface area contributed by atoms with Crippen LogP contribution in [0, 0.1) is 0 Å². The van der Waals surface area contributed by atoms with Crippen molar-refractivity contribution in [3.05, 3.63) is 41.4 Å². The Balaban J connectivity index is 2.14. The Hall–Kier alpha value is -0.900. The summed E-state index contributed by atoms with van der Waals surface area (Å²) in [6.45, 7) is 0.750. The van der Waals surface area contributed by atoms with Gasteiger partial charge in [-0.2, -0.15) is 0 Å². The molecule has 0 radical (unpaired) electrons. The molecule has 0 bridgehead atoms. The van der Waals surface area contributed by atoms with Gasteiger partial charge in [0, 0.05) is 23.9 Å². The quantitative estimate of drug-likeness (QED) is 0.828. The smallest absolute Gasteiger partial charge is 0.123 e. The zero-order valence-corrected chi connectivity index (χ0v) is 9.68. The van der Waals surface area contributed by atoms with E-state index in [1.54, 1.807) is 11.3 Å². The second-order valence-corrected chi connectivity index (χ2v) is 4.27. The summed E-state index contributed by atoms with van der Waals surface area (Å²) in [6, 6.07) is 10.2. The molecule has 0 spiro atoms. The van der Waals surface area contributed by atoms with E-state index in [0.717, 1.165) is 23.7 Å². The molecule has 2 nitrogen and oxygen atoms in total. The van der Waals surface area contributed by atoms with E-state index in [2.05, 4.69) is 27.3 Å². The second-order valence-electron chi connectivity index (χ2n) is 3.14. The van der Waals surface area contributed by atoms with E-state index in [1.807, 2.05) is 18.2 Å². The van der Waals surface area contributed by atoms with Crippen LogP contribution < -0.4 is 4.84 Å². The molecule has 0 aliphatic rings. The van der Waals surface area contributed by atoms with E-state index >= 15 is 0 Å². The van der Waals surface area contributed by atoms with Gasteiger partial charge in [0.05, 0.1) is 5.69 Å². The molecular weight excluding hydrogens is 228 g/mol. The van der Waals surface area contributed by atoms with Crippen LogP contribution in [0.15, 0.2) is 35.7 Å². The van der Waals surface area contributed by atoms with Crippen molar-refractivity contribution in [2.75, 3.05) is 6.54 Å². The van der Waals surface area contributed by atoms with Crippen LogP contribution in [0.4, 0.5) is 0 Å². The van der Waals surface area contributed by atoms with Crippen molar-refractivity contribution in [3.63, 3.8) is 0 Å². The number of hydrogen-bond donors (Lipinski definition) is 1. The molecule has 15 heavy (non-hydrogen) atoms. The molecular formula is C11H11ClN2S.